The van der Waals surface area contributed by atoms with Gasteiger partial charge < -0.3 is 0 Å². The Morgan fingerprint density at radius 1 is 0.882 bits per heavy atom. The van der Waals surface area contributed by atoms with Gasteiger partial charge in [-0.15, -0.1) is 0 Å². The predicted molar refractivity (Wildman–Crippen MR) is 80.3 cm³/mol. The molecule has 17 heavy (non-hydrogen) atoms. The first-order chi connectivity index (χ1) is 7.41. The number of hydrogen-bond donors (Lipinski definition) is 0. The van der Waals surface area contributed by atoms with Gasteiger partial charge in [0.25, 0.3) is 0 Å². The molecule has 1 unspecified atom stereocenters. The molecule has 0 rings (SSSR count). The van der Waals surface area contributed by atoms with Gasteiger partial charge >= 0.3 is 0 Å². The maximum Gasteiger partial charge on any atom is -0.0303 e. The zero-order valence-electron chi connectivity index (χ0n) is 13.9. The molecule has 0 saturated heterocycles. The van der Waals surface area contributed by atoms with Crippen LogP contribution in [-0.4, -0.2) is 0 Å². The van der Waals surface area contributed by atoms with Gasteiger partial charge in [0.05, 0.1) is 0 Å². The van der Waals surface area contributed by atoms with E-state index in [9.17, 15) is 0 Å². The van der Waals surface area contributed by atoms with E-state index in [0.717, 1.165) is 5.92 Å². The molecule has 1 atom stereocenters. The Labute approximate surface area is 111 Å². The lowest BCUT2D eigenvalue weighted by atomic mass is 9.64. The van der Waals surface area contributed by atoms with Crippen LogP contribution in [0.3, 0.4) is 0 Å². The van der Waals surface area contributed by atoms with Crippen LogP contribution in [-0.2, 0) is 0 Å². The summed E-state index contributed by atoms with van der Waals surface area (Å²) in [5, 5.41) is 0. The number of rotatable bonds is 6. The molecule has 0 fully saturated rings. The van der Waals surface area contributed by atoms with Crippen molar-refractivity contribution in [1.82, 2.24) is 0 Å². The average molecular weight is 240 g/mol. The Kier molecular flexibility index (Phi) is 5.76. The maximum atomic E-state index is 2.43. The SMILES string of the molecule is CCC(C)(C)CCC(C)CC(C)(C)C(C)(C)C. The first-order valence-corrected chi connectivity index (χ1v) is 7.41. The van der Waals surface area contributed by atoms with E-state index in [1.165, 1.54) is 25.7 Å². The minimum absolute atomic E-state index is 0.404. The molecule has 0 bridgehead atoms. The van der Waals surface area contributed by atoms with Crippen molar-refractivity contribution in [3.05, 3.63) is 0 Å². The van der Waals surface area contributed by atoms with Gasteiger partial charge in [-0.25, -0.2) is 0 Å². The fourth-order valence-electron chi connectivity index (χ4n) is 2.09. The highest BCUT2D eigenvalue weighted by molar-refractivity contribution is 4.84. The van der Waals surface area contributed by atoms with E-state index >= 15 is 0 Å². The van der Waals surface area contributed by atoms with Crippen LogP contribution in [0.1, 0.15) is 88.0 Å². The third-order valence-electron chi connectivity index (χ3n) is 5.16. The summed E-state index contributed by atoms with van der Waals surface area (Å²) in [5.41, 5.74) is 1.37. The molecule has 0 amide bonds. The highest BCUT2D eigenvalue weighted by Gasteiger charge is 2.33. The smallest absolute Gasteiger partial charge is 0.0303 e. The van der Waals surface area contributed by atoms with Crippen molar-refractivity contribution in [2.24, 2.45) is 22.2 Å². The molecule has 0 radical (unpaired) electrons. The second kappa shape index (κ2) is 5.76. The minimum Gasteiger partial charge on any atom is -0.0649 e. The highest BCUT2D eigenvalue weighted by Crippen LogP contribution is 2.44. The Morgan fingerprint density at radius 2 is 1.35 bits per heavy atom. The molecule has 0 saturated carbocycles. The molecular weight excluding hydrogens is 204 g/mol. The zero-order valence-corrected chi connectivity index (χ0v) is 13.9. The average Bonchev–Trinajstić information content (AvgIpc) is 2.12. The van der Waals surface area contributed by atoms with Crippen LogP contribution < -0.4 is 0 Å². The Hall–Kier alpha value is 0. The van der Waals surface area contributed by atoms with Gasteiger partial charge in [-0.3, -0.25) is 0 Å². The van der Waals surface area contributed by atoms with E-state index in [-0.39, 0.29) is 0 Å². The van der Waals surface area contributed by atoms with Crippen molar-refractivity contribution in [3.8, 4) is 0 Å². The van der Waals surface area contributed by atoms with Gasteiger partial charge in [0.15, 0.2) is 0 Å². The summed E-state index contributed by atoms with van der Waals surface area (Å²) in [6.07, 6.45) is 5.38. The van der Waals surface area contributed by atoms with Crippen LogP contribution in [0.2, 0.25) is 0 Å². The summed E-state index contributed by atoms with van der Waals surface area (Å²) in [4.78, 5) is 0. The summed E-state index contributed by atoms with van der Waals surface area (Å²) in [7, 11) is 0. The summed E-state index contributed by atoms with van der Waals surface area (Å²) in [5.74, 6) is 0.843. The second-order valence-corrected chi connectivity index (χ2v) is 8.50. The van der Waals surface area contributed by atoms with Gasteiger partial charge in [0.1, 0.15) is 0 Å². The van der Waals surface area contributed by atoms with Crippen LogP contribution in [0.25, 0.3) is 0 Å². The van der Waals surface area contributed by atoms with Crippen LogP contribution in [0.15, 0.2) is 0 Å². The van der Waals surface area contributed by atoms with E-state index in [1.807, 2.05) is 0 Å². The van der Waals surface area contributed by atoms with E-state index < -0.39 is 0 Å². The van der Waals surface area contributed by atoms with E-state index in [1.54, 1.807) is 0 Å². The van der Waals surface area contributed by atoms with Crippen LogP contribution in [0.4, 0.5) is 0 Å². The molecule has 0 aliphatic rings. The van der Waals surface area contributed by atoms with Gasteiger partial charge in [0, 0.05) is 0 Å². The Bertz CT molecular complexity index is 215. The summed E-state index contributed by atoms with van der Waals surface area (Å²) >= 11 is 0. The third kappa shape index (κ3) is 5.93. The van der Waals surface area contributed by atoms with Gasteiger partial charge in [0.2, 0.25) is 0 Å². The first-order valence-electron chi connectivity index (χ1n) is 7.41. The van der Waals surface area contributed by atoms with E-state index in [0.29, 0.717) is 16.2 Å². The minimum atomic E-state index is 0.404. The molecule has 0 aromatic heterocycles. The second-order valence-electron chi connectivity index (χ2n) is 8.50. The Balaban J connectivity index is 4.24. The van der Waals surface area contributed by atoms with Gasteiger partial charge in [-0.2, -0.15) is 0 Å². The molecule has 0 aromatic carbocycles. The van der Waals surface area contributed by atoms with Crippen LogP contribution >= 0.6 is 0 Å². The molecule has 0 aliphatic heterocycles. The summed E-state index contributed by atoms with van der Waals surface area (Å²) in [6, 6.07) is 0. The normalized spacial score (nSPS) is 16.1. The molecule has 0 nitrogen and oxygen atoms in total. The van der Waals surface area contributed by atoms with Crippen molar-refractivity contribution >= 4 is 0 Å². The standard InChI is InChI=1S/C17H36/c1-10-16(6,7)12-11-14(2)13-17(8,9)15(3,4)5/h14H,10-13H2,1-9H3. The van der Waals surface area contributed by atoms with Crippen molar-refractivity contribution in [2.75, 3.05) is 0 Å². The van der Waals surface area contributed by atoms with Gasteiger partial charge in [-0.05, 0) is 35.0 Å². The molecular formula is C17H36. The quantitative estimate of drug-likeness (QED) is 0.511. The third-order valence-corrected chi connectivity index (χ3v) is 5.16. The first kappa shape index (κ1) is 17.0. The molecule has 0 aliphatic carbocycles. The van der Waals surface area contributed by atoms with Crippen molar-refractivity contribution in [1.29, 1.82) is 0 Å². The number of hydrogen-bond acceptors (Lipinski definition) is 0. The lowest BCUT2D eigenvalue weighted by Crippen LogP contribution is -2.31. The molecule has 0 N–H and O–H groups in total. The van der Waals surface area contributed by atoms with Crippen LogP contribution in [0, 0.1) is 22.2 Å². The molecule has 104 valence electrons. The lowest BCUT2D eigenvalue weighted by molar-refractivity contribution is 0.0931. The zero-order chi connectivity index (χ0) is 13.9. The molecule has 0 heterocycles. The largest absolute Gasteiger partial charge is 0.0649 e. The van der Waals surface area contributed by atoms with E-state index in [4.69, 9.17) is 0 Å². The van der Waals surface area contributed by atoms with Crippen LogP contribution in [0.5, 0.6) is 0 Å². The van der Waals surface area contributed by atoms with Crippen molar-refractivity contribution < 1.29 is 0 Å². The van der Waals surface area contributed by atoms with Crippen molar-refractivity contribution in [3.63, 3.8) is 0 Å². The van der Waals surface area contributed by atoms with Crippen molar-refractivity contribution in [2.45, 2.75) is 88.0 Å². The fraction of sp³-hybridized carbons (Fsp3) is 1.00. The summed E-state index contributed by atoms with van der Waals surface area (Å²) < 4.78 is 0. The monoisotopic (exact) mass is 240 g/mol. The molecule has 0 aromatic rings. The van der Waals surface area contributed by atoms with Gasteiger partial charge in [-0.1, -0.05) is 75.2 Å². The Morgan fingerprint density at radius 3 is 1.71 bits per heavy atom. The lowest BCUT2D eigenvalue weighted by Gasteiger charge is -2.41. The fourth-order valence-corrected chi connectivity index (χ4v) is 2.09. The molecule has 0 spiro atoms. The summed E-state index contributed by atoms with van der Waals surface area (Å²) in [6.45, 7) is 21.5. The van der Waals surface area contributed by atoms with E-state index in [2.05, 4.69) is 62.3 Å². The maximum absolute atomic E-state index is 2.43. The molecule has 0 heteroatoms. The highest BCUT2D eigenvalue weighted by atomic mass is 14.4. The topological polar surface area (TPSA) is 0 Å². The predicted octanol–water partition coefficient (Wildman–Crippen LogP) is 6.30.